The van der Waals surface area contributed by atoms with Gasteiger partial charge >= 0.3 is 0 Å². The van der Waals surface area contributed by atoms with Crippen molar-refractivity contribution in [3.63, 3.8) is 0 Å². The van der Waals surface area contributed by atoms with Crippen LogP contribution in [-0.2, 0) is 31.3 Å². The Morgan fingerprint density at radius 1 is 0.894 bits per heavy atom. The van der Waals surface area contributed by atoms with E-state index in [1.54, 1.807) is 6.33 Å². The summed E-state index contributed by atoms with van der Waals surface area (Å²) in [6, 6.07) is 21.3. The van der Waals surface area contributed by atoms with Crippen molar-refractivity contribution in [2.75, 3.05) is 0 Å². The first-order chi connectivity index (χ1) is 21.9. The topological polar surface area (TPSA) is 63.1 Å². The van der Waals surface area contributed by atoms with Crippen molar-refractivity contribution in [1.82, 2.24) is 9.97 Å². The van der Waals surface area contributed by atoms with Gasteiger partial charge < -0.3 is 5.11 Å². The quantitative estimate of drug-likeness (QED) is 0.0623. The van der Waals surface area contributed by atoms with Gasteiger partial charge in [0.25, 0.3) is 0 Å². The van der Waals surface area contributed by atoms with Crippen molar-refractivity contribution < 1.29 is 30.0 Å². The molecule has 0 aliphatic rings. The number of aromatic nitrogens is 2. The molecule has 0 bridgehead atoms. The number of thiophene rings is 1. The van der Waals surface area contributed by atoms with Gasteiger partial charge in [-0.1, -0.05) is 109 Å². The van der Waals surface area contributed by atoms with Crippen molar-refractivity contribution in [3.8, 4) is 11.3 Å². The molecule has 0 saturated heterocycles. The molecule has 1 radical (unpaired) electrons. The van der Waals surface area contributed by atoms with E-state index in [9.17, 15) is 9.90 Å². The summed E-state index contributed by atoms with van der Waals surface area (Å²) in [5, 5.41) is 15.0. The fourth-order valence-electron chi connectivity index (χ4n) is 6.21. The molecule has 5 rings (SSSR count). The zero-order chi connectivity index (χ0) is 33.6. The van der Waals surface area contributed by atoms with Crippen molar-refractivity contribution in [2.45, 2.75) is 93.3 Å². The Bertz CT molecular complexity index is 1830. The number of allylic oxidation sites excluding steroid dienone is 2. The van der Waals surface area contributed by atoms with E-state index in [1.807, 2.05) is 39.0 Å². The fraction of sp³-hybridized carbons (Fsp3) is 0.425. The van der Waals surface area contributed by atoms with E-state index in [4.69, 9.17) is 9.97 Å². The molecule has 0 fully saturated rings. The van der Waals surface area contributed by atoms with Gasteiger partial charge in [-0.05, 0) is 43.6 Å². The van der Waals surface area contributed by atoms with Crippen molar-refractivity contribution >= 4 is 61.5 Å². The van der Waals surface area contributed by atoms with E-state index in [0.29, 0.717) is 5.92 Å². The zero-order valence-electron chi connectivity index (χ0n) is 29.5. The third-order valence-corrected chi connectivity index (χ3v) is 12.2. The number of fused-ring (bicyclic) bond motifs is 4. The normalized spacial score (nSPS) is 12.2. The van der Waals surface area contributed by atoms with Crippen LogP contribution in [0.15, 0.2) is 66.7 Å². The molecule has 0 amide bonds. The number of benzene rings is 3. The second kappa shape index (κ2) is 17.1. The van der Waals surface area contributed by atoms with Gasteiger partial charge in [0.15, 0.2) is 5.78 Å². The molecule has 47 heavy (non-hydrogen) atoms. The molecule has 7 heteroatoms. The minimum Gasteiger partial charge on any atom is -0.512 e. The number of carbonyl (C=O) groups excluding carboxylic acids is 1. The number of rotatable bonds is 11. The van der Waals surface area contributed by atoms with E-state index < -0.39 is 8.07 Å². The van der Waals surface area contributed by atoms with E-state index in [2.05, 4.69) is 88.1 Å². The van der Waals surface area contributed by atoms with Crippen LogP contribution in [-0.4, -0.2) is 28.9 Å². The van der Waals surface area contributed by atoms with Crippen LogP contribution in [0.3, 0.4) is 0 Å². The number of ketones is 1. The van der Waals surface area contributed by atoms with Crippen LogP contribution >= 0.6 is 11.3 Å². The van der Waals surface area contributed by atoms with Gasteiger partial charge in [-0.25, -0.2) is 4.98 Å². The smallest absolute Gasteiger partial charge is 0.162 e. The zero-order valence-corrected chi connectivity index (χ0v) is 33.7. The Morgan fingerprint density at radius 2 is 1.53 bits per heavy atom. The van der Waals surface area contributed by atoms with E-state index in [1.165, 1.54) is 42.4 Å². The van der Waals surface area contributed by atoms with Crippen LogP contribution in [0.4, 0.5) is 0 Å². The third-order valence-electron chi connectivity index (χ3n) is 8.91. The maximum atomic E-state index is 11.7. The summed E-state index contributed by atoms with van der Waals surface area (Å²) < 4.78 is 2.51. The molecule has 4 nitrogen and oxygen atoms in total. The third kappa shape index (κ3) is 9.06. The van der Waals surface area contributed by atoms with Crippen molar-refractivity contribution in [2.24, 2.45) is 17.8 Å². The fourth-order valence-corrected chi connectivity index (χ4v) is 9.09. The molecule has 2 heterocycles. The van der Waals surface area contributed by atoms with Gasteiger partial charge in [0.2, 0.25) is 0 Å². The molecule has 1 N–H and O–H groups in total. The van der Waals surface area contributed by atoms with Gasteiger partial charge in [0, 0.05) is 58.5 Å². The van der Waals surface area contributed by atoms with Crippen LogP contribution < -0.4 is 5.19 Å². The summed E-state index contributed by atoms with van der Waals surface area (Å²) >= 11 is 1.84. The molecule has 2 aromatic heterocycles. The summed E-state index contributed by atoms with van der Waals surface area (Å²) in [7, 11) is -1.55. The Hall–Kier alpha value is -2.70. The molecular weight excluding hydrogens is 793 g/mol. The van der Waals surface area contributed by atoms with Gasteiger partial charge in [0.05, 0.1) is 19.3 Å². The van der Waals surface area contributed by atoms with Crippen LogP contribution in [0.25, 0.3) is 42.3 Å². The Morgan fingerprint density at radius 3 is 2.15 bits per heavy atom. The average Bonchev–Trinajstić information content (AvgIpc) is 3.41. The first-order valence-corrected chi connectivity index (χ1v) is 21.3. The monoisotopic (exact) mass is 844 g/mol. The van der Waals surface area contributed by atoms with Gasteiger partial charge in [-0.3, -0.25) is 9.78 Å². The summed E-state index contributed by atoms with van der Waals surface area (Å²) in [6.07, 6.45) is 7.70. The second-order valence-electron chi connectivity index (χ2n) is 13.8. The van der Waals surface area contributed by atoms with E-state index in [0.717, 1.165) is 48.9 Å². The van der Waals surface area contributed by atoms with Crippen LogP contribution in [0.2, 0.25) is 19.6 Å². The molecule has 0 unspecified atom stereocenters. The SMILES string of the molecule is CC(C)Cc1cccc2c1sc1c(-c3[c-]c4ccccc4c([Si](C)(C)C)c3)ncnc12.CCC(CC)C(=O)/C=C(\O)C(CC)CC.[Ir]. The first kappa shape index (κ1) is 38.7. The number of aliphatic hydroxyl groups is 1. The largest absolute Gasteiger partial charge is 0.512 e. The predicted octanol–water partition coefficient (Wildman–Crippen LogP) is 11.1. The number of hydrogen-bond donors (Lipinski definition) is 1. The number of carbonyl (C=O) groups is 1. The van der Waals surface area contributed by atoms with Gasteiger partial charge in [-0.15, -0.1) is 40.1 Å². The van der Waals surface area contributed by atoms with Crippen molar-refractivity contribution in [1.29, 1.82) is 0 Å². The molecule has 0 atom stereocenters. The Balaban J connectivity index is 0.000000322. The number of aliphatic hydroxyl groups excluding tert-OH is 1. The van der Waals surface area contributed by atoms with Gasteiger partial charge in [0.1, 0.15) is 6.33 Å². The minimum absolute atomic E-state index is 0. The minimum atomic E-state index is -1.55. The molecular formula is C40H51IrN2O2SSi-. The summed E-state index contributed by atoms with van der Waals surface area (Å²) in [4.78, 5) is 21.2. The first-order valence-electron chi connectivity index (χ1n) is 17.0. The van der Waals surface area contributed by atoms with Crippen LogP contribution in [0.5, 0.6) is 0 Å². The average molecular weight is 844 g/mol. The molecule has 253 valence electrons. The molecule has 5 aromatic rings. The van der Waals surface area contributed by atoms with E-state index >= 15 is 0 Å². The number of hydrogen-bond acceptors (Lipinski definition) is 5. The maximum Gasteiger partial charge on any atom is 0.162 e. The molecule has 0 spiro atoms. The summed E-state index contributed by atoms with van der Waals surface area (Å²) in [5.41, 5.74) is 4.56. The second-order valence-corrected chi connectivity index (χ2v) is 19.8. The summed E-state index contributed by atoms with van der Waals surface area (Å²) in [6.45, 7) is 19.9. The summed E-state index contributed by atoms with van der Waals surface area (Å²) in [5.74, 6) is 1.17. The number of nitrogens with zero attached hydrogens (tertiary/aromatic N) is 2. The maximum absolute atomic E-state index is 11.7. The molecule has 0 aliphatic heterocycles. The molecule has 3 aromatic carbocycles. The molecule has 0 aliphatic carbocycles. The van der Waals surface area contributed by atoms with Crippen LogP contribution in [0.1, 0.15) is 72.8 Å². The van der Waals surface area contributed by atoms with Crippen molar-refractivity contribution in [3.05, 3.63) is 78.3 Å². The standard InChI is InChI=1S/C27H27N2SSi.C13H24O2.Ir/c1-17(2)13-19-10-8-12-22-25-27(30-26(19)22)24(28-16-29-25)20-14-18-9-6-7-11-21(18)23(15-20)31(3,4)5;1-5-10(6-2)12(14)9-13(15)11(7-3)8-4;/h6-12,15-17H,13H2,1-5H3;9-11,14H,5-8H2,1-4H3;/q-1;;/b;12-9-;. The molecule has 0 saturated carbocycles. The van der Waals surface area contributed by atoms with Crippen LogP contribution in [0, 0.1) is 23.8 Å². The Labute approximate surface area is 300 Å². The predicted molar refractivity (Wildman–Crippen MR) is 202 cm³/mol. The Kier molecular flexibility index (Phi) is 14.1. The van der Waals surface area contributed by atoms with Gasteiger partial charge in [-0.2, -0.15) is 0 Å². The van der Waals surface area contributed by atoms with E-state index in [-0.39, 0.29) is 43.5 Å².